The molecule has 3 unspecified atom stereocenters. The summed E-state index contributed by atoms with van der Waals surface area (Å²) in [6.07, 6.45) is 4.30. The summed E-state index contributed by atoms with van der Waals surface area (Å²) in [5, 5.41) is 10.8. The lowest BCUT2D eigenvalue weighted by atomic mass is 10.00. The van der Waals surface area contributed by atoms with Gasteiger partial charge in [0.05, 0.1) is 0 Å². The minimum atomic E-state index is -0.889. The van der Waals surface area contributed by atoms with Gasteiger partial charge in [-0.1, -0.05) is 0 Å². The number of hydrogen-bond acceptors (Lipinski definition) is 1. The largest absolute Gasteiger partial charge is 0.465 e. The quantitative estimate of drug-likeness (QED) is 0.675. The summed E-state index contributed by atoms with van der Waals surface area (Å²) in [4.78, 5) is 10.2. The van der Waals surface area contributed by atoms with Crippen molar-refractivity contribution in [3.63, 3.8) is 0 Å². The van der Waals surface area contributed by atoms with Crippen LogP contribution in [0.4, 0.5) is 4.79 Å². The van der Waals surface area contributed by atoms with Gasteiger partial charge in [-0.2, -0.15) is 0 Å². The van der Waals surface area contributed by atoms with Crippen LogP contribution in [-0.4, -0.2) is 17.7 Å². The van der Waals surface area contributed by atoms with Gasteiger partial charge in [0.2, 0.25) is 0 Å². The van der Waals surface area contributed by atoms with E-state index in [-0.39, 0.29) is 0 Å². The Balaban J connectivity index is 1.63. The second kappa shape index (κ2) is 2.96. The van der Waals surface area contributed by atoms with E-state index in [1.165, 1.54) is 19.3 Å². The molecule has 0 saturated heterocycles. The molecule has 2 aliphatic carbocycles. The van der Waals surface area contributed by atoms with E-state index >= 15 is 0 Å². The molecule has 2 saturated carbocycles. The molecule has 0 aliphatic heterocycles. The number of nitrogens with one attached hydrogen (secondary N) is 1. The van der Waals surface area contributed by atoms with E-state index in [9.17, 15) is 4.79 Å². The third-order valence-corrected chi connectivity index (χ3v) is 3.28. The third kappa shape index (κ3) is 1.54. The van der Waals surface area contributed by atoms with Crippen molar-refractivity contribution < 1.29 is 9.90 Å². The average Bonchev–Trinajstić information content (AvgIpc) is 2.68. The van der Waals surface area contributed by atoms with Gasteiger partial charge in [0.25, 0.3) is 0 Å². The highest BCUT2D eigenvalue weighted by Crippen LogP contribution is 2.56. The van der Waals surface area contributed by atoms with Gasteiger partial charge < -0.3 is 10.4 Å². The molecule has 0 aromatic carbocycles. The van der Waals surface area contributed by atoms with E-state index in [0.29, 0.717) is 6.54 Å². The Morgan fingerprint density at radius 1 is 1.50 bits per heavy atom. The van der Waals surface area contributed by atoms with Crippen molar-refractivity contribution in [1.29, 1.82) is 0 Å². The van der Waals surface area contributed by atoms with Crippen LogP contribution in [0.3, 0.4) is 0 Å². The summed E-state index contributed by atoms with van der Waals surface area (Å²) < 4.78 is 0. The molecule has 3 heteroatoms. The fourth-order valence-electron chi connectivity index (χ4n) is 2.55. The third-order valence-electron chi connectivity index (χ3n) is 3.28. The van der Waals surface area contributed by atoms with Crippen LogP contribution in [0, 0.1) is 17.8 Å². The van der Waals surface area contributed by atoms with E-state index in [1.54, 1.807) is 0 Å². The second-order valence-corrected chi connectivity index (χ2v) is 4.02. The molecule has 1 amide bonds. The van der Waals surface area contributed by atoms with Gasteiger partial charge in [0.1, 0.15) is 0 Å². The van der Waals surface area contributed by atoms with Crippen LogP contribution in [0.2, 0.25) is 0 Å². The Labute approximate surface area is 72.2 Å². The van der Waals surface area contributed by atoms with Crippen molar-refractivity contribution in [2.45, 2.75) is 25.7 Å². The molecule has 2 rings (SSSR count). The second-order valence-electron chi connectivity index (χ2n) is 4.02. The monoisotopic (exact) mass is 169 g/mol. The fraction of sp³-hybridized carbons (Fsp3) is 0.889. The molecule has 0 heterocycles. The first-order valence-corrected chi connectivity index (χ1v) is 4.74. The molecule has 3 nitrogen and oxygen atoms in total. The summed E-state index contributed by atoms with van der Waals surface area (Å²) in [5.74, 6) is 2.79. The Morgan fingerprint density at radius 3 is 2.83 bits per heavy atom. The molecular weight excluding hydrogens is 154 g/mol. The highest BCUT2D eigenvalue weighted by Gasteiger charge is 2.47. The van der Waals surface area contributed by atoms with Gasteiger partial charge in [-0.25, -0.2) is 4.79 Å². The molecule has 2 aliphatic rings. The smallest absolute Gasteiger partial charge is 0.404 e. The zero-order valence-electron chi connectivity index (χ0n) is 7.12. The zero-order valence-corrected chi connectivity index (χ0v) is 7.12. The maximum absolute atomic E-state index is 10.2. The molecule has 3 atom stereocenters. The topological polar surface area (TPSA) is 49.3 Å². The molecular formula is C9H15NO2. The Kier molecular flexibility index (Phi) is 1.95. The summed E-state index contributed by atoms with van der Waals surface area (Å²) in [7, 11) is 0. The molecule has 0 bridgehead atoms. The number of carbonyl (C=O) groups is 1. The molecule has 0 aromatic rings. The first-order valence-electron chi connectivity index (χ1n) is 4.74. The van der Waals surface area contributed by atoms with E-state index in [4.69, 9.17) is 5.11 Å². The summed E-state index contributed by atoms with van der Waals surface area (Å²) in [6, 6.07) is 0. The lowest BCUT2D eigenvalue weighted by Gasteiger charge is -2.10. The molecule has 0 aromatic heterocycles. The highest BCUT2D eigenvalue weighted by atomic mass is 16.4. The van der Waals surface area contributed by atoms with E-state index < -0.39 is 6.09 Å². The van der Waals surface area contributed by atoms with Gasteiger partial charge in [0, 0.05) is 6.54 Å². The van der Waals surface area contributed by atoms with Gasteiger partial charge >= 0.3 is 6.09 Å². The molecule has 68 valence electrons. The minimum absolute atomic E-state index is 0.642. The maximum Gasteiger partial charge on any atom is 0.404 e. The standard InChI is InChI=1S/C9H15NO2/c11-9(12)10-4-3-6-1-2-7-5-8(6)7/h6-8,10H,1-5H2,(H,11,12). The van der Waals surface area contributed by atoms with Gasteiger partial charge in [-0.05, 0) is 43.4 Å². The number of carboxylic acid groups (broad SMARTS) is 1. The van der Waals surface area contributed by atoms with Crippen molar-refractivity contribution in [3.8, 4) is 0 Å². The van der Waals surface area contributed by atoms with Crippen molar-refractivity contribution in [2.75, 3.05) is 6.54 Å². The van der Waals surface area contributed by atoms with Crippen LogP contribution in [0.15, 0.2) is 0 Å². The highest BCUT2D eigenvalue weighted by molar-refractivity contribution is 5.64. The maximum atomic E-state index is 10.2. The number of amides is 1. The molecule has 12 heavy (non-hydrogen) atoms. The first-order chi connectivity index (χ1) is 5.77. The van der Waals surface area contributed by atoms with E-state index in [2.05, 4.69) is 5.32 Å². The summed E-state index contributed by atoms with van der Waals surface area (Å²) in [5.41, 5.74) is 0. The van der Waals surface area contributed by atoms with E-state index in [1.807, 2.05) is 0 Å². The summed E-state index contributed by atoms with van der Waals surface area (Å²) >= 11 is 0. The molecule has 2 fully saturated rings. The number of rotatable bonds is 3. The first kappa shape index (κ1) is 7.90. The SMILES string of the molecule is O=C(O)NCCC1CCC2CC12. The minimum Gasteiger partial charge on any atom is -0.465 e. The predicted molar refractivity (Wildman–Crippen MR) is 45.0 cm³/mol. The van der Waals surface area contributed by atoms with Crippen molar-refractivity contribution in [1.82, 2.24) is 5.32 Å². The van der Waals surface area contributed by atoms with Crippen LogP contribution >= 0.6 is 0 Å². The Morgan fingerprint density at radius 2 is 2.33 bits per heavy atom. The van der Waals surface area contributed by atoms with Crippen LogP contribution in [0.5, 0.6) is 0 Å². The van der Waals surface area contributed by atoms with Crippen LogP contribution in [0.25, 0.3) is 0 Å². The average molecular weight is 169 g/mol. The van der Waals surface area contributed by atoms with Gasteiger partial charge in [-0.3, -0.25) is 0 Å². The van der Waals surface area contributed by atoms with Crippen molar-refractivity contribution in [2.24, 2.45) is 17.8 Å². The van der Waals surface area contributed by atoms with Gasteiger partial charge in [0.15, 0.2) is 0 Å². The predicted octanol–water partition coefficient (Wildman–Crippen LogP) is 1.69. The molecule has 2 N–H and O–H groups in total. The van der Waals surface area contributed by atoms with E-state index in [0.717, 1.165) is 24.2 Å². The molecule has 0 radical (unpaired) electrons. The van der Waals surface area contributed by atoms with Gasteiger partial charge in [-0.15, -0.1) is 0 Å². The van der Waals surface area contributed by atoms with Crippen molar-refractivity contribution >= 4 is 6.09 Å². The van der Waals surface area contributed by atoms with Crippen LogP contribution < -0.4 is 5.32 Å². The summed E-state index contributed by atoms with van der Waals surface area (Å²) in [6.45, 7) is 0.642. The lowest BCUT2D eigenvalue weighted by molar-refractivity contribution is 0.193. The number of fused-ring (bicyclic) bond motifs is 1. The zero-order chi connectivity index (χ0) is 8.55. The van der Waals surface area contributed by atoms with Crippen LogP contribution in [-0.2, 0) is 0 Å². The Bertz CT molecular complexity index is 193. The lowest BCUT2D eigenvalue weighted by Crippen LogP contribution is -2.23. The Hall–Kier alpha value is -0.730. The number of hydrogen-bond donors (Lipinski definition) is 2. The normalized spacial score (nSPS) is 37.5. The fourth-order valence-corrected chi connectivity index (χ4v) is 2.55. The van der Waals surface area contributed by atoms with Crippen molar-refractivity contribution in [3.05, 3.63) is 0 Å². The molecule has 0 spiro atoms. The van der Waals surface area contributed by atoms with Crippen LogP contribution in [0.1, 0.15) is 25.7 Å².